The molecule has 6 nitrogen and oxygen atoms in total. The fourth-order valence-corrected chi connectivity index (χ4v) is 5.06. The number of likely N-dealkylation sites (tertiary alicyclic amines) is 1. The number of pyridine rings is 1. The summed E-state index contributed by atoms with van der Waals surface area (Å²) in [5, 5.41) is 9.46. The number of rotatable bonds is 6. The average molecular weight is 436 g/mol. The molecule has 2 unspecified atom stereocenters. The number of carbonyl (C=O) groups is 1. The van der Waals surface area contributed by atoms with Crippen LogP contribution in [0.5, 0.6) is 0 Å². The van der Waals surface area contributed by atoms with Gasteiger partial charge in [-0.05, 0) is 63.8 Å². The minimum Gasteiger partial charge on any atom is -0.339 e. The Hall–Kier alpha value is -2.67. The SMILES string of the molecule is CCC1CCCCN1C(=O)C(C)Sc1nnc(-c2ccncc2)n1-c1ccc(C)cc1. The molecule has 31 heavy (non-hydrogen) atoms. The highest BCUT2D eigenvalue weighted by molar-refractivity contribution is 8.00. The number of piperidine rings is 1. The standard InChI is InChI=1S/C24H29N5OS/c1-4-20-7-5-6-16-28(20)23(30)18(3)31-24-27-26-22(19-12-14-25-15-13-19)29(24)21-10-8-17(2)9-11-21/h8-15,18,20H,4-7,16H2,1-3H3. The van der Waals surface area contributed by atoms with E-state index in [2.05, 4.69) is 58.2 Å². The van der Waals surface area contributed by atoms with Gasteiger partial charge in [0.25, 0.3) is 0 Å². The molecule has 1 fully saturated rings. The summed E-state index contributed by atoms with van der Waals surface area (Å²) in [5.74, 6) is 0.943. The van der Waals surface area contributed by atoms with Gasteiger partial charge in [-0.25, -0.2) is 0 Å². The van der Waals surface area contributed by atoms with Gasteiger partial charge >= 0.3 is 0 Å². The molecule has 3 aromatic rings. The maximum absolute atomic E-state index is 13.3. The topological polar surface area (TPSA) is 63.9 Å². The number of benzene rings is 1. The third kappa shape index (κ3) is 4.66. The lowest BCUT2D eigenvalue weighted by atomic mass is 10.00. The Labute approximate surface area is 188 Å². The summed E-state index contributed by atoms with van der Waals surface area (Å²) < 4.78 is 2.04. The second-order valence-electron chi connectivity index (χ2n) is 8.06. The third-order valence-corrected chi connectivity index (χ3v) is 6.91. The summed E-state index contributed by atoms with van der Waals surface area (Å²) in [6.45, 7) is 7.08. The number of thioether (sulfide) groups is 1. The van der Waals surface area contributed by atoms with Crippen LogP contribution in [0.15, 0.2) is 53.9 Å². The number of aromatic nitrogens is 4. The van der Waals surface area contributed by atoms with Crippen molar-refractivity contribution in [1.29, 1.82) is 0 Å². The van der Waals surface area contributed by atoms with Crippen LogP contribution >= 0.6 is 11.8 Å². The lowest BCUT2D eigenvalue weighted by Crippen LogP contribution is -2.46. The van der Waals surface area contributed by atoms with E-state index in [1.165, 1.54) is 23.7 Å². The van der Waals surface area contributed by atoms with E-state index < -0.39 is 0 Å². The number of nitrogens with zero attached hydrogens (tertiary/aromatic N) is 5. The van der Waals surface area contributed by atoms with Crippen molar-refractivity contribution >= 4 is 17.7 Å². The summed E-state index contributed by atoms with van der Waals surface area (Å²) in [4.78, 5) is 19.5. The van der Waals surface area contributed by atoms with Crippen molar-refractivity contribution in [3.63, 3.8) is 0 Å². The quantitative estimate of drug-likeness (QED) is 0.515. The molecule has 0 bridgehead atoms. The highest BCUT2D eigenvalue weighted by Crippen LogP contribution is 2.32. The number of aryl methyl sites for hydroxylation is 1. The smallest absolute Gasteiger partial charge is 0.236 e. The second-order valence-corrected chi connectivity index (χ2v) is 9.37. The molecule has 0 spiro atoms. The molecule has 1 saturated heterocycles. The minimum atomic E-state index is -0.231. The molecular weight excluding hydrogens is 406 g/mol. The fraction of sp³-hybridized carbons (Fsp3) is 0.417. The van der Waals surface area contributed by atoms with Crippen LogP contribution in [0, 0.1) is 6.92 Å². The van der Waals surface area contributed by atoms with Crippen LogP contribution in [0.4, 0.5) is 0 Å². The Bertz CT molecular complexity index is 1020. The zero-order chi connectivity index (χ0) is 21.8. The van der Waals surface area contributed by atoms with Gasteiger partial charge in [0.15, 0.2) is 11.0 Å². The second kappa shape index (κ2) is 9.64. The van der Waals surface area contributed by atoms with Crippen LogP contribution in [0.25, 0.3) is 17.1 Å². The predicted octanol–water partition coefficient (Wildman–Crippen LogP) is 4.91. The van der Waals surface area contributed by atoms with Crippen molar-refractivity contribution in [3.05, 3.63) is 54.4 Å². The van der Waals surface area contributed by atoms with Gasteiger partial charge in [-0.15, -0.1) is 10.2 Å². The fourth-order valence-electron chi connectivity index (χ4n) is 4.12. The molecule has 0 aliphatic carbocycles. The first-order chi connectivity index (χ1) is 15.1. The Kier molecular flexibility index (Phi) is 6.70. The molecule has 2 aromatic heterocycles. The number of amides is 1. The summed E-state index contributed by atoms with van der Waals surface area (Å²) in [5.41, 5.74) is 3.11. The average Bonchev–Trinajstić information content (AvgIpc) is 3.23. The lowest BCUT2D eigenvalue weighted by Gasteiger charge is -2.36. The molecule has 4 rings (SSSR count). The van der Waals surface area contributed by atoms with E-state index in [0.29, 0.717) is 6.04 Å². The normalized spacial score (nSPS) is 17.5. The Morgan fingerprint density at radius 2 is 1.87 bits per heavy atom. The zero-order valence-electron chi connectivity index (χ0n) is 18.4. The largest absolute Gasteiger partial charge is 0.339 e. The molecule has 3 heterocycles. The molecule has 1 aliphatic heterocycles. The number of hydrogen-bond acceptors (Lipinski definition) is 5. The maximum Gasteiger partial charge on any atom is 0.236 e. The number of hydrogen-bond donors (Lipinski definition) is 0. The van der Waals surface area contributed by atoms with Crippen LogP contribution < -0.4 is 0 Å². The van der Waals surface area contributed by atoms with Crippen LogP contribution in [-0.2, 0) is 4.79 Å². The van der Waals surface area contributed by atoms with Gasteiger partial charge in [0.2, 0.25) is 5.91 Å². The van der Waals surface area contributed by atoms with Crippen LogP contribution in [0.1, 0.15) is 45.1 Å². The first-order valence-corrected chi connectivity index (χ1v) is 11.9. The molecule has 162 valence electrons. The van der Waals surface area contributed by atoms with Crippen molar-refractivity contribution in [3.8, 4) is 17.1 Å². The van der Waals surface area contributed by atoms with E-state index in [9.17, 15) is 4.79 Å². The number of carbonyl (C=O) groups excluding carboxylic acids is 1. The van der Waals surface area contributed by atoms with Gasteiger partial charge in [-0.3, -0.25) is 14.3 Å². The molecule has 7 heteroatoms. The van der Waals surface area contributed by atoms with E-state index in [1.807, 2.05) is 23.6 Å². The van der Waals surface area contributed by atoms with Crippen molar-refractivity contribution in [2.75, 3.05) is 6.54 Å². The van der Waals surface area contributed by atoms with E-state index in [1.54, 1.807) is 12.4 Å². The van der Waals surface area contributed by atoms with Gasteiger partial charge in [0, 0.05) is 36.2 Å². The third-order valence-electron chi connectivity index (χ3n) is 5.88. The molecule has 0 saturated carbocycles. The molecule has 0 N–H and O–H groups in total. The minimum absolute atomic E-state index is 0.195. The molecule has 0 radical (unpaired) electrons. The molecule has 1 aliphatic rings. The first kappa shape index (κ1) is 21.6. The van der Waals surface area contributed by atoms with E-state index >= 15 is 0 Å². The van der Waals surface area contributed by atoms with Gasteiger partial charge < -0.3 is 4.90 Å². The van der Waals surface area contributed by atoms with Crippen molar-refractivity contribution in [1.82, 2.24) is 24.6 Å². The zero-order valence-corrected chi connectivity index (χ0v) is 19.2. The van der Waals surface area contributed by atoms with E-state index in [-0.39, 0.29) is 11.2 Å². The summed E-state index contributed by atoms with van der Waals surface area (Å²) >= 11 is 1.48. The van der Waals surface area contributed by atoms with Gasteiger partial charge in [-0.1, -0.05) is 36.4 Å². The Balaban J connectivity index is 1.66. The van der Waals surface area contributed by atoms with Crippen molar-refractivity contribution < 1.29 is 4.79 Å². The lowest BCUT2D eigenvalue weighted by molar-refractivity contribution is -0.134. The molecular formula is C24H29N5OS. The highest BCUT2D eigenvalue weighted by Gasteiger charge is 2.30. The first-order valence-electron chi connectivity index (χ1n) is 11.0. The Morgan fingerprint density at radius 1 is 1.13 bits per heavy atom. The summed E-state index contributed by atoms with van der Waals surface area (Å²) in [6.07, 6.45) is 7.92. The Morgan fingerprint density at radius 3 is 2.58 bits per heavy atom. The van der Waals surface area contributed by atoms with Gasteiger partial charge in [-0.2, -0.15) is 0 Å². The summed E-state index contributed by atoms with van der Waals surface area (Å²) in [6, 6.07) is 12.5. The van der Waals surface area contributed by atoms with E-state index in [4.69, 9.17) is 0 Å². The molecule has 1 amide bonds. The van der Waals surface area contributed by atoms with Crippen LogP contribution in [0.2, 0.25) is 0 Å². The highest BCUT2D eigenvalue weighted by atomic mass is 32.2. The van der Waals surface area contributed by atoms with Crippen LogP contribution in [-0.4, -0.2) is 48.4 Å². The predicted molar refractivity (Wildman–Crippen MR) is 124 cm³/mol. The van der Waals surface area contributed by atoms with Crippen LogP contribution in [0.3, 0.4) is 0 Å². The maximum atomic E-state index is 13.3. The van der Waals surface area contributed by atoms with Crippen molar-refractivity contribution in [2.45, 2.75) is 62.9 Å². The summed E-state index contributed by atoms with van der Waals surface area (Å²) in [7, 11) is 0. The molecule has 2 atom stereocenters. The van der Waals surface area contributed by atoms with Gasteiger partial charge in [0.05, 0.1) is 5.25 Å². The molecule has 1 aromatic carbocycles. The van der Waals surface area contributed by atoms with Crippen molar-refractivity contribution in [2.24, 2.45) is 0 Å². The monoisotopic (exact) mass is 435 g/mol. The van der Waals surface area contributed by atoms with Gasteiger partial charge in [0.1, 0.15) is 0 Å². The van der Waals surface area contributed by atoms with E-state index in [0.717, 1.165) is 48.0 Å².